The Kier molecular flexibility index (Phi) is 17.8. The highest BCUT2D eigenvalue weighted by Gasteiger charge is 2.42. The number of carbonyl (C=O) groups is 5. The Hall–Kier alpha value is -6.07. The number of oxime groups is 1. The van der Waals surface area contributed by atoms with E-state index in [-0.39, 0.29) is 45.8 Å². The van der Waals surface area contributed by atoms with E-state index in [2.05, 4.69) is 36.1 Å². The molecule has 2 atom stereocenters. The first kappa shape index (κ1) is 52.6. The van der Waals surface area contributed by atoms with Crippen molar-refractivity contribution >= 4 is 62.0 Å². The van der Waals surface area contributed by atoms with Gasteiger partial charge in [-0.05, 0) is 92.5 Å². The maximum atomic E-state index is 13.8. The number of rotatable bonds is 22. The van der Waals surface area contributed by atoms with Crippen LogP contribution < -0.4 is 41.0 Å². The van der Waals surface area contributed by atoms with Gasteiger partial charge in [-0.25, -0.2) is 27.7 Å². The number of benzene rings is 1. The number of thiazole rings is 1. The van der Waals surface area contributed by atoms with Crippen molar-refractivity contribution in [3.63, 3.8) is 0 Å². The standard InChI is InChI=1S/C43H60N8O13S2/c1-11-13-19-60-32-24-51(61-20-14-12-2)27(21-31(32)52)22-45-66(58,59)28-17-15-26(16-18-28)35(53)44-23-29-33(36(54)46-29)48-37(55)34(50-64-43(9,10)38(56)62-41(3,4)5)30-25-65-39(47-30)49-40(57)63-42(6,7)8/h15-18,21,24-25,29,33,45H,11-14,19-20,22-23H2,1-10H3,(H,44,53)(H,46,54)(H,48,55)(H,47,49,57)/b50-34-/t29-,33+/m1/s1. The summed E-state index contributed by atoms with van der Waals surface area (Å²) < 4.78 is 46.7. The van der Waals surface area contributed by atoms with E-state index < -0.39 is 79.8 Å². The van der Waals surface area contributed by atoms with Crippen LogP contribution in [0, 0.1) is 0 Å². The third-order valence-electron chi connectivity index (χ3n) is 9.02. The van der Waals surface area contributed by atoms with Gasteiger partial charge in [0.15, 0.2) is 16.6 Å². The van der Waals surface area contributed by atoms with Gasteiger partial charge in [0.05, 0.1) is 36.0 Å². The van der Waals surface area contributed by atoms with Gasteiger partial charge in [0.1, 0.15) is 29.5 Å². The summed E-state index contributed by atoms with van der Waals surface area (Å²) in [5, 5.41) is 15.7. The molecule has 66 heavy (non-hydrogen) atoms. The zero-order valence-corrected chi connectivity index (χ0v) is 40.5. The van der Waals surface area contributed by atoms with Gasteiger partial charge in [0.25, 0.3) is 11.8 Å². The van der Waals surface area contributed by atoms with Gasteiger partial charge in [0.2, 0.25) is 27.0 Å². The molecule has 5 N–H and O–H groups in total. The zero-order valence-electron chi connectivity index (χ0n) is 38.8. The average Bonchev–Trinajstić information content (AvgIpc) is 3.68. The largest absolute Gasteiger partial charge is 0.488 e. The first-order valence-electron chi connectivity index (χ1n) is 21.3. The minimum Gasteiger partial charge on any atom is -0.488 e. The number of sulfonamides is 1. The molecule has 0 aliphatic carbocycles. The number of β-lactam (4-membered cyclic amide) rings is 1. The minimum absolute atomic E-state index is 0.0458. The number of ether oxygens (including phenoxy) is 3. The number of amides is 4. The molecule has 0 spiro atoms. The molecular formula is C43H60N8O13S2. The first-order valence-corrected chi connectivity index (χ1v) is 23.6. The second-order valence-corrected chi connectivity index (χ2v) is 20.2. The number of hydrogen-bond acceptors (Lipinski definition) is 16. The van der Waals surface area contributed by atoms with Crippen molar-refractivity contribution in [3.05, 3.63) is 69.1 Å². The van der Waals surface area contributed by atoms with E-state index in [1.165, 1.54) is 60.5 Å². The Morgan fingerprint density at radius 1 is 0.924 bits per heavy atom. The van der Waals surface area contributed by atoms with E-state index in [1.807, 2.05) is 13.8 Å². The van der Waals surface area contributed by atoms with Crippen molar-refractivity contribution in [2.75, 3.05) is 25.1 Å². The third-order valence-corrected chi connectivity index (χ3v) is 11.2. The summed E-state index contributed by atoms with van der Waals surface area (Å²) in [5.74, 6) is -2.82. The van der Waals surface area contributed by atoms with Crippen LogP contribution in [0.1, 0.15) is 117 Å². The summed E-state index contributed by atoms with van der Waals surface area (Å²) in [7, 11) is -4.13. The lowest BCUT2D eigenvalue weighted by atomic mass is 9.98. The van der Waals surface area contributed by atoms with Gasteiger partial charge < -0.3 is 39.8 Å². The molecule has 362 valence electrons. The van der Waals surface area contributed by atoms with Crippen LogP contribution in [0.2, 0.25) is 0 Å². The predicted molar refractivity (Wildman–Crippen MR) is 244 cm³/mol. The number of anilines is 1. The number of nitrogens with zero attached hydrogens (tertiary/aromatic N) is 3. The van der Waals surface area contributed by atoms with E-state index in [0.29, 0.717) is 13.2 Å². The van der Waals surface area contributed by atoms with Crippen LogP contribution in [0.15, 0.2) is 56.8 Å². The van der Waals surface area contributed by atoms with E-state index in [4.69, 9.17) is 23.9 Å². The van der Waals surface area contributed by atoms with Gasteiger partial charge in [-0.2, -0.15) is 4.73 Å². The van der Waals surface area contributed by atoms with Crippen molar-refractivity contribution in [1.82, 2.24) is 30.4 Å². The molecule has 21 nitrogen and oxygen atoms in total. The Labute approximate surface area is 387 Å². The first-order chi connectivity index (χ1) is 30.8. The fourth-order valence-electron chi connectivity index (χ4n) is 5.49. The van der Waals surface area contributed by atoms with Gasteiger partial charge in [-0.15, -0.1) is 11.3 Å². The lowest BCUT2D eigenvalue weighted by molar-refractivity contribution is -0.179. The molecule has 1 aliphatic heterocycles. The van der Waals surface area contributed by atoms with Crippen molar-refractivity contribution in [1.29, 1.82) is 0 Å². The lowest BCUT2D eigenvalue weighted by Crippen LogP contribution is -2.72. The molecule has 23 heteroatoms. The van der Waals surface area contributed by atoms with E-state index in [1.54, 1.807) is 41.5 Å². The molecule has 0 radical (unpaired) electrons. The molecule has 4 rings (SSSR count). The van der Waals surface area contributed by atoms with E-state index in [0.717, 1.165) is 37.0 Å². The van der Waals surface area contributed by atoms with Crippen molar-refractivity contribution in [2.24, 2.45) is 5.16 Å². The summed E-state index contributed by atoms with van der Waals surface area (Å²) in [6.45, 7) is 17.0. The summed E-state index contributed by atoms with van der Waals surface area (Å²) in [4.78, 5) is 93.2. The summed E-state index contributed by atoms with van der Waals surface area (Å²) in [6.07, 6.45) is 3.82. The molecule has 0 unspecified atom stereocenters. The minimum atomic E-state index is -4.13. The predicted octanol–water partition coefficient (Wildman–Crippen LogP) is 3.79. The van der Waals surface area contributed by atoms with Gasteiger partial charge in [-0.3, -0.25) is 24.5 Å². The normalized spacial score (nSPS) is 15.4. The maximum Gasteiger partial charge on any atom is 0.413 e. The molecule has 4 amide bonds. The number of carbonyl (C=O) groups excluding carboxylic acids is 5. The van der Waals surface area contributed by atoms with Crippen LogP contribution in [-0.4, -0.2) is 102 Å². The molecule has 0 saturated carbocycles. The maximum absolute atomic E-state index is 13.8. The topological polar surface area (TPSA) is 273 Å². The van der Waals surface area contributed by atoms with Crippen LogP contribution in [0.25, 0.3) is 0 Å². The molecule has 2 aromatic heterocycles. The van der Waals surface area contributed by atoms with E-state index in [9.17, 15) is 37.2 Å². The highest BCUT2D eigenvalue weighted by molar-refractivity contribution is 7.89. The average molecular weight is 961 g/mol. The molecule has 0 bridgehead atoms. The van der Waals surface area contributed by atoms with Crippen LogP contribution in [0.3, 0.4) is 0 Å². The molecular weight excluding hydrogens is 901 g/mol. The highest BCUT2D eigenvalue weighted by Crippen LogP contribution is 2.22. The Bertz CT molecular complexity index is 2420. The van der Waals surface area contributed by atoms with Crippen LogP contribution in [0.4, 0.5) is 9.93 Å². The van der Waals surface area contributed by atoms with E-state index >= 15 is 0 Å². The number of unbranched alkanes of at least 4 members (excludes halogenated alkanes) is 2. The van der Waals surface area contributed by atoms with Crippen molar-refractivity contribution in [3.8, 4) is 5.75 Å². The third kappa shape index (κ3) is 15.5. The summed E-state index contributed by atoms with van der Waals surface area (Å²) in [6, 6.07) is 4.37. The Balaban J connectivity index is 1.42. The monoisotopic (exact) mass is 960 g/mol. The van der Waals surface area contributed by atoms with Crippen molar-refractivity contribution in [2.45, 2.75) is 135 Å². The zero-order chi connectivity index (χ0) is 49.0. The second kappa shape index (κ2) is 22.4. The summed E-state index contributed by atoms with van der Waals surface area (Å²) >= 11 is 0.942. The molecule has 3 aromatic rings. The summed E-state index contributed by atoms with van der Waals surface area (Å²) in [5.41, 5.74) is -3.96. The van der Waals surface area contributed by atoms with Gasteiger partial charge >= 0.3 is 12.1 Å². The Morgan fingerprint density at radius 3 is 2.20 bits per heavy atom. The highest BCUT2D eigenvalue weighted by atomic mass is 32.2. The van der Waals surface area contributed by atoms with Crippen LogP contribution in [-0.2, 0) is 45.3 Å². The Morgan fingerprint density at radius 2 is 1.58 bits per heavy atom. The lowest BCUT2D eigenvalue weighted by Gasteiger charge is -2.37. The molecule has 1 saturated heterocycles. The number of aromatic nitrogens is 2. The van der Waals surface area contributed by atoms with Crippen molar-refractivity contribution < 1.29 is 56.3 Å². The van der Waals surface area contributed by atoms with Gasteiger partial charge in [0, 0.05) is 23.6 Å². The molecule has 1 aromatic carbocycles. The number of hydrogen-bond donors (Lipinski definition) is 5. The molecule has 1 aliphatic rings. The number of nitrogens with one attached hydrogen (secondary N) is 5. The van der Waals surface area contributed by atoms with Crippen LogP contribution in [0.5, 0.6) is 5.75 Å². The number of esters is 1. The van der Waals surface area contributed by atoms with Gasteiger partial charge in [-0.1, -0.05) is 31.8 Å². The quantitative estimate of drug-likeness (QED) is 0.0315. The fraction of sp³-hybridized carbons (Fsp3) is 0.535. The smallest absolute Gasteiger partial charge is 0.413 e. The fourth-order valence-corrected chi connectivity index (χ4v) is 7.17. The number of pyridine rings is 1. The van der Waals surface area contributed by atoms with Crippen LogP contribution >= 0.6 is 11.3 Å². The second-order valence-electron chi connectivity index (χ2n) is 17.5. The SMILES string of the molecule is CCCCOc1cn(OCCCC)c(CNS(=O)(=O)c2ccc(C(=O)NC[C@H]3NC(=O)[C@H]3NC(=O)/C(=N\OC(C)(C)C(=O)OC(C)(C)C)c3csc(NC(=O)OC(C)(C)C)n3)cc2)cc1=O. The molecule has 1 fully saturated rings. The molecule has 3 heterocycles.